The Morgan fingerprint density at radius 3 is 2.53 bits per heavy atom. The molecule has 32 heavy (non-hydrogen) atoms. The van der Waals surface area contributed by atoms with Crippen molar-refractivity contribution in [1.82, 2.24) is 15.1 Å². The molecule has 1 heterocycles. The number of hydrogen-bond donors (Lipinski definition) is 2. The molecule has 0 aliphatic rings. The highest BCUT2D eigenvalue weighted by Gasteiger charge is 2.31. The molecule has 0 radical (unpaired) electrons. The van der Waals surface area contributed by atoms with Crippen molar-refractivity contribution >= 4 is 11.6 Å². The summed E-state index contributed by atoms with van der Waals surface area (Å²) >= 11 is 0. The molecule has 2 aromatic carbocycles. The quantitative estimate of drug-likeness (QED) is 0.630. The van der Waals surface area contributed by atoms with Gasteiger partial charge in [0.1, 0.15) is 11.8 Å². The van der Waals surface area contributed by atoms with E-state index in [9.17, 15) is 28.0 Å². The average Bonchev–Trinajstić information content (AvgIpc) is 2.78. The molecule has 3 rings (SSSR count). The monoisotopic (exact) mass is 441 g/mol. The molecular formula is C22H18F3N5O2. The molecule has 2 N–H and O–H groups in total. The van der Waals surface area contributed by atoms with E-state index in [1.165, 1.54) is 38.2 Å². The minimum Gasteiger partial charge on any atom is -0.388 e. The fraction of sp³-hybridized carbons (Fsp3) is 0.182. The van der Waals surface area contributed by atoms with Crippen molar-refractivity contribution in [3.8, 4) is 11.8 Å². The highest BCUT2D eigenvalue weighted by atomic mass is 19.4. The van der Waals surface area contributed by atoms with Crippen LogP contribution in [-0.4, -0.2) is 22.7 Å². The van der Waals surface area contributed by atoms with Gasteiger partial charge in [-0.1, -0.05) is 12.1 Å². The van der Waals surface area contributed by atoms with E-state index in [0.29, 0.717) is 0 Å². The van der Waals surface area contributed by atoms with Gasteiger partial charge in [0.25, 0.3) is 11.5 Å². The van der Waals surface area contributed by atoms with E-state index in [4.69, 9.17) is 0 Å². The fourth-order valence-corrected chi connectivity index (χ4v) is 3.02. The zero-order valence-corrected chi connectivity index (χ0v) is 17.1. The van der Waals surface area contributed by atoms with Gasteiger partial charge >= 0.3 is 6.18 Å². The number of carbonyl (C=O) groups excluding carboxylic acids is 1. The molecule has 1 atom stereocenters. The van der Waals surface area contributed by atoms with Crippen LogP contribution in [-0.2, 0) is 6.18 Å². The Morgan fingerprint density at radius 1 is 1.16 bits per heavy atom. The Hall–Kier alpha value is -4.13. The Kier molecular flexibility index (Phi) is 6.30. The van der Waals surface area contributed by atoms with Crippen LogP contribution in [0.5, 0.6) is 0 Å². The molecule has 0 saturated carbocycles. The highest BCUT2D eigenvalue weighted by molar-refractivity contribution is 5.92. The van der Waals surface area contributed by atoms with Gasteiger partial charge in [0.2, 0.25) is 0 Å². The van der Waals surface area contributed by atoms with E-state index in [-0.39, 0.29) is 28.2 Å². The van der Waals surface area contributed by atoms with Gasteiger partial charge in [0.15, 0.2) is 0 Å². The predicted molar refractivity (Wildman–Crippen MR) is 111 cm³/mol. The van der Waals surface area contributed by atoms with Crippen molar-refractivity contribution in [1.29, 1.82) is 5.26 Å². The average molecular weight is 441 g/mol. The maximum absolute atomic E-state index is 13.2. The number of aromatic nitrogens is 2. The van der Waals surface area contributed by atoms with Gasteiger partial charge in [0, 0.05) is 18.8 Å². The molecule has 164 valence electrons. The fourth-order valence-electron chi connectivity index (χ4n) is 3.02. The van der Waals surface area contributed by atoms with E-state index < -0.39 is 29.2 Å². The molecule has 0 aliphatic carbocycles. The Labute approximate surface area is 181 Å². The Bertz CT molecular complexity index is 1260. The topological polar surface area (TPSA) is 99.8 Å². The summed E-state index contributed by atoms with van der Waals surface area (Å²) in [6.07, 6.45) is -4.55. The first-order valence-corrected chi connectivity index (χ1v) is 9.44. The van der Waals surface area contributed by atoms with Crippen LogP contribution in [0.4, 0.5) is 18.9 Å². The van der Waals surface area contributed by atoms with Crippen LogP contribution in [0.25, 0.3) is 5.69 Å². The lowest BCUT2D eigenvalue weighted by molar-refractivity contribution is -0.137. The van der Waals surface area contributed by atoms with Crippen LogP contribution < -0.4 is 16.2 Å². The third-order valence-electron chi connectivity index (χ3n) is 4.70. The summed E-state index contributed by atoms with van der Waals surface area (Å²) in [5.74, 6) is -0.691. The Morgan fingerprint density at radius 2 is 1.88 bits per heavy atom. The van der Waals surface area contributed by atoms with E-state index in [1.54, 1.807) is 12.1 Å². The predicted octanol–water partition coefficient (Wildman–Crippen LogP) is 3.66. The molecule has 0 saturated heterocycles. The number of para-hydroxylation sites is 1. The zero-order valence-electron chi connectivity index (χ0n) is 17.1. The number of hydrogen-bond acceptors (Lipinski definition) is 5. The summed E-state index contributed by atoms with van der Waals surface area (Å²) in [7, 11) is 1.49. The van der Waals surface area contributed by atoms with E-state index in [1.807, 2.05) is 6.07 Å². The van der Waals surface area contributed by atoms with Crippen molar-refractivity contribution in [3.63, 3.8) is 0 Å². The van der Waals surface area contributed by atoms with Gasteiger partial charge in [0.05, 0.1) is 22.9 Å². The summed E-state index contributed by atoms with van der Waals surface area (Å²) in [5, 5.41) is 18.6. The summed E-state index contributed by atoms with van der Waals surface area (Å²) in [6, 6.07) is 13.2. The molecule has 1 aromatic heterocycles. The third kappa shape index (κ3) is 4.78. The number of rotatable bonds is 5. The summed E-state index contributed by atoms with van der Waals surface area (Å²) in [6.45, 7) is 1.54. The van der Waals surface area contributed by atoms with E-state index in [2.05, 4.69) is 15.7 Å². The number of benzene rings is 2. The van der Waals surface area contributed by atoms with Gasteiger partial charge in [-0.05, 0) is 48.9 Å². The second kappa shape index (κ2) is 8.93. The third-order valence-corrected chi connectivity index (χ3v) is 4.70. The van der Waals surface area contributed by atoms with Gasteiger partial charge in [-0.15, -0.1) is 0 Å². The summed E-state index contributed by atoms with van der Waals surface area (Å²) < 4.78 is 40.5. The molecule has 0 aliphatic heterocycles. The maximum Gasteiger partial charge on any atom is 0.416 e. The highest BCUT2D eigenvalue weighted by Crippen LogP contribution is 2.33. The molecule has 3 aromatic rings. The van der Waals surface area contributed by atoms with Crippen LogP contribution >= 0.6 is 0 Å². The molecule has 7 nitrogen and oxygen atoms in total. The van der Waals surface area contributed by atoms with Crippen LogP contribution in [0.3, 0.4) is 0 Å². The molecule has 0 bridgehead atoms. The van der Waals surface area contributed by atoms with Crippen LogP contribution in [0, 0.1) is 11.3 Å². The lowest BCUT2D eigenvalue weighted by Crippen LogP contribution is -2.31. The van der Waals surface area contributed by atoms with E-state index >= 15 is 0 Å². The number of carbonyl (C=O) groups is 1. The maximum atomic E-state index is 13.2. The first-order valence-electron chi connectivity index (χ1n) is 9.44. The van der Waals surface area contributed by atoms with Crippen molar-refractivity contribution in [2.75, 3.05) is 12.4 Å². The molecule has 0 fully saturated rings. The normalized spacial score (nSPS) is 12.0. The van der Waals surface area contributed by atoms with E-state index in [0.717, 1.165) is 22.9 Å². The van der Waals surface area contributed by atoms with Crippen molar-refractivity contribution < 1.29 is 18.0 Å². The van der Waals surface area contributed by atoms with Gasteiger partial charge < -0.3 is 10.6 Å². The van der Waals surface area contributed by atoms with Gasteiger partial charge in [-0.3, -0.25) is 9.59 Å². The summed E-state index contributed by atoms with van der Waals surface area (Å²) in [5.41, 5.74) is -0.647. The number of nitrogens with one attached hydrogen (secondary N) is 2. The molecule has 1 amide bonds. The SMILES string of the molecule is CNc1cc(C(C)NC(=O)c2ccc(=O)n(-c3ccccc3C#N)n2)cc(C(F)(F)F)c1. The minimum absolute atomic E-state index is 0.134. The second-order valence-electron chi connectivity index (χ2n) is 6.88. The van der Waals surface area contributed by atoms with Crippen LogP contribution in [0.1, 0.15) is 40.1 Å². The van der Waals surface area contributed by atoms with Crippen molar-refractivity contribution in [3.05, 3.63) is 87.3 Å². The number of nitrogens with zero attached hydrogens (tertiary/aromatic N) is 3. The Balaban J connectivity index is 1.92. The van der Waals surface area contributed by atoms with Crippen LogP contribution in [0.2, 0.25) is 0 Å². The molecular weight excluding hydrogens is 423 g/mol. The number of amides is 1. The smallest absolute Gasteiger partial charge is 0.388 e. The lowest BCUT2D eigenvalue weighted by atomic mass is 10.0. The first-order chi connectivity index (χ1) is 15.1. The first kappa shape index (κ1) is 22.6. The van der Waals surface area contributed by atoms with Crippen LogP contribution in [0.15, 0.2) is 59.4 Å². The number of anilines is 1. The largest absolute Gasteiger partial charge is 0.416 e. The standard InChI is InChI=1S/C22H18F3N5O2/c1-13(15-9-16(22(23,24)25)11-17(10-15)27-2)28-21(32)18-7-8-20(31)30(29-18)19-6-4-3-5-14(19)12-26/h3-11,13,27H,1-2H3,(H,28,32). The van der Waals surface area contributed by atoms with Crippen molar-refractivity contribution in [2.24, 2.45) is 0 Å². The second-order valence-corrected chi connectivity index (χ2v) is 6.88. The number of alkyl halides is 3. The van der Waals surface area contributed by atoms with Gasteiger partial charge in [-0.25, -0.2) is 0 Å². The van der Waals surface area contributed by atoms with Crippen molar-refractivity contribution in [2.45, 2.75) is 19.1 Å². The molecule has 10 heteroatoms. The van der Waals surface area contributed by atoms with Gasteiger partial charge in [-0.2, -0.15) is 28.2 Å². The number of nitriles is 1. The molecule has 0 spiro atoms. The molecule has 1 unspecified atom stereocenters. The zero-order chi connectivity index (χ0) is 23.5. The number of halogens is 3. The minimum atomic E-state index is -4.55. The lowest BCUT2D eigenvalue weighted by Gasteiger charge is -2.18. The summed E-state index contributed by atoms with van der Waals surface area (Å²) in [4.78, 5) is 25.0.